The van der Waals surface area contributed by atoms with E-state index >= 15 is 0 Å². The Morgan fingerprint density at radius 2 is 1.52 bits per heavy atom. The molecule has 4 unspecified atom stereocenters. The number of rotatable bonds is 0. The molecule has 0 aromatic heterocycles. The summed E-state index contributed by atoms with van der Waals surface area (Å²) in [4.78, 5) is 0. The standard InChI is InChI=1S/C22H20N2O/c1-11-7-13(3)18-12(2)5-6-15-20(19(18)14(4)8-11)22-17(10-24)16(9-23)21(15)25-22/h5-8,16-17,21-22H,1-4H3. The highest BCUT2D eigenvalue weighted by molar-refractivity contribution is 5.71. The Morgan fingerprint density at radius 1 is 0.840 bits per heavy atom. The van der Waals surface area contributed by atoms with Gasteiger partial charge in [0, 0.05) is 0 Å². The van der Waals surface area contributed by atoms with Crippen molar-refractivity contribution in [2.45, 2.75) is 39.9 Å². The normalized spacial score (nSPS) is 33.2. The molecule has 0 aromatic rings. The lowest BCUT2D eigenvalue weighted by Gasteiger charge is -2.26. The van der Waals surface area contributed by atoms with Crippen molar-refractivity contribution >= 4 is 0 Å². The summed E-state index contributed by atoms with van der Waals surface area (Å²) in [5.74, 6) is -0.791. The van der Waals surface area contributed by atoms with Crippen LogP contribution in [0, 0.1) is 34.5 Å². The highest BCUT2D eigenvalue weighted by atomic mass is 16.5. The van der Waals surface area contributed by atoms with E-state index in [9.17, 15) is 10.5 Å². The van der Waals surface area contributed by atoms with Gasteiger partial charge in [-0.2, -0.15) is 10.5 Å². The van der Waals surface area contributed by atoms with Crippen molar-refractivity contribution < 1.29 is 4.74 Å². The van der Waals surface area contributed by atoms with Crippen LogP contribution in [0.25, 0.3) is 0 Å². The lowest BCUT2D eigenvalue weighted by Crippen LogP contribution is -2.29. The molecule has 0 N–H and O–H groups in total. The van der Waals surface area contributed by atoms with E-state index in [2.05, 4.69) is 64.1 Å². The highest BCUT2D eigenvalue weighted by Crippen LogP contribution is 2.53. The summed E-state index contributed by atoms with van der Waals surface area (Å²) in [6.45, 7) is 8.51. The first-order chi connectivity index (χ1) is 12.0. The average molecular weight is 328 g/mol. The quantitative estimate of drug-likeness (QED) is 0.660. The van der Waals surface area contributed by atoms with Crippen molar-refractivity contribution in [3.8, 4) is 12.1 Å². The fraction of sp³-hybridized carbons (Fsp3) is 0.364. The van der Waals surface area contributed by atoms with Gasteiger partial charge in [0.1, 0.15) is 12.2 Å². The molecule has 4 aliphatic rings. The third-order valence-electron chi connectivity index (χ3n) is 5.64. The topological polar surface area (TPSA) is 56.8 Å². The van der Waals surface area contributed by atoms with E-state index in [0.717, 1.165) is 11.1 Å². The molecule has 0 radical (unpaired) electrons. The van der Waals surface area contributed by atoms with E-state index in [0.29, 0.717) is 0 Å². The number of hydrogen-bond acceptors (Lipinski definition) is 3. The largest absolute Gasteiger partial charge is 0.363 e. The number of allylic oxidation sites excluding steroid dienone is 10. The molecule has 0 aromatic carbocycles. The molecule has 2 saturated heterocycles. The first kappa shape index (κ1) is 15.9. The van der Waals surface area contributed by atoms with E-state index in [-0.39, 0.29) is 18.1 Å². The molecule has 4 atom stereocenters. The molecule has 3 heteroatoms. The molecular formula is C22H20N2O. The molecule has 124 valence electrons. The SMILES string of the molecule is CC1=CC(C)=C2C(C)=CC=C3C(=C2C(C)=C1)C1OC3C(C#N)C1C#N. The Morgan fingerprint density at radius 3 is 2.20 bits per heavy atom. The van der Waals surface area contributed by atoms with Crippen molar-refractivity contribution in [2.24, 2.45) is 11.8 Å². The van der Waals surface area contributed by atoms with Gasteiger partial charge in [0.15, 0.2) is 0 Å². The third-order valence-corrected chi connectivity index (χ3v) is 5.64. The van der Waals surface area contributed by atoms with Gasteiger partial charge in [-0.25, -0.2) is 0 Å². The van der Waals surface area contributed by atoms with E-state index in [4.69, 9.17) is 4.74 Å². The van der Waals surface area contributed by atoms with Crippen LogP contribution in [0.1, 0.15) is 27.7 Å². The number of fused-ring (bicyclic) bond motifs is 6. The van der Waals surface area contributed by atoms with Gasteiger partial charge in [-0.15, -0.1) is 0 Å². The molecule has 2 aliphatic heterocycles. The van der Waals surface area contributed by atoms with Crippen LogP contribution in [-0.2, 0) is 4.74 Å². The average Bonchev–Trinajstić information content (AvgIpc) is 3.02. The fourth-order valence-corrected chi connectivity index (χ4v) is 4.72. The van der Waals surface area contributed by atoms with Crippen molar-refractivity contribution in [1.82, 2.24) is 0 Å². The highest BCUT2D eigenvalue weighted by Gasteiger charge is 2.56. The first-order valence-electron chi connectivity index (χ1n) is 8.64. The van der Waals surface area contributed by atoms with Gasteiger partial charge in [-0.1, -0.05) is 29.9 Å². The summed E-state index contributed by atoms with van der Waals surface area (Å²) in [5.41, 5.74) is 9.46. The summed E-state index contributed by atoms with van der Waals surface area (Å²) in [6, 6.07) is 4.64. The molecular weight excluding hydrogens is 308 g/mol. The van der Waals surface area contributed by atoms with Gasteiger partial charge in [0.25, 0.3) is 0 Å². The smallest absolute Gasteiger partial charge is 0.102 e. The summed E-state index contributed by atoms with van der Waals surface area (Å²) >= 11 is 0. The van der Waals surface area contributed by atoms with Crippen molar-refractivity contribution in [3.63, 3.8) is 0 Å². The van der Waals surface area contributed by atoms with Crippen LogP contribution < -0.4 is 0 Å². The van der Waals surface area contributed by atoms with Gasteiger partial charge in [0.2, 0.25) is 0 Å². The number of nitrogens with zero attached hydrogens (tertiary/aromatic N) is 2. The molecule has 2 heterocycles. The maximum atomic E-state index is 9.64. The van der Waals surface area contributed by atoms with Gasteiger partial charge in [-0.05, 0) is 66.7 Å². The van der Waals surface area contributed by atoms with Crippen LogP contribution >= 0.6 is 0 Å². The van der Waals surface area contributed by atoms with Gasteiger partial charge in [0.05, 0.1) is 24.0 Å². The second-order valence-electron chi connectivity index (χ2n) is 7.32. The van der Waals surface area contributed by atoms with Crippen LogP contribution in [-0.4, -0.2) is 12.2 Å². The molecule has 0 spiro atoms. The van der Waals surface area contributed by atoms with Crippen molar-refractivity contribution in [2.75, 3.05) is 0 Å². The minimum absolute atomic E-state index is 0.295. The summed E-state index contributed by atoms with van der Waals surface area (Å²) < 4.78 is 6.15. The third kappa shape index (κ3) is 2.06. The minimum atomic E-state index is -0.403. The zero-order valence-corrected chi connectivity index (χ0v) is 14.9. The zero-order valence-electron chi connectivity index (χ0n) is 14.9. The maximum Gasteiger partial charge on any atom is 0.102 e. The Balaban J connectivity index is 2.04. The number of ether oxygens (including phenoxy) is 1. The Kier molecular flexibility index (Phi) is 3.46. The molecule has 2 bridgehead atoms. The summed E-state index contributed by atoms with van der Waals surface area (Å²) in [5, 5.41) is 19.2. The Bertz CT molecular complexity index is 953. The maximum absolute atomic E-state index is 9.64. The van der Waals surface area contributed by atoms with Gasteiger partial charge >= 0.3 is 0 Å². The lowest BCUT2D eigenvalue weighted by molar-refractivity contribution is 0.112. The molecule has 0 amide bonds. The second kappa shape index (κ2) is 5.45. The zero-order chi connectivity index (χ0) is 17.9. The summed E-state index contributed by atoms with van der Waals surface area (Å²) in [7, 11) is 0. The van der Waals surface area contributed by atoms with Gasteiger partial charge < -0.3 is 4.74 Å². The van der Waals surface area contributed by atoms with Crippen LogP contribution in [0.5, 0.6) is 0 Å². The van der Waals surface area contributed by atoms with E-state index < -0.39 is 5.92 Å². The Hall–Kier alpha value is -2.62. The monoisotopic (exact) mass is 328 g/mol. The molecule has 0 saturated carbocycles. The molecule has 4 rings (SSSR count). The van der Waals surface area contributed by atoms with Crippen LogP contribution in [0.2, 0.25) is 0 Å². The van der Waals surface area contributed by atoms with Gasteiger partial charge in [-0.3, -0.25) is 0 Å². The van der Waals surface area contributed by atoms with Crippen molar-refractivity contribution in [3.05, 3.63) is 68.9 Å². The minimum Gasteiger partial charge on any atom is -0.363 e. The number of hydrogen-bond donors (Lipinski definition) is 0. The molecule has 2 aliphatic carbocycles. The number of nitriles is 2. The van der Waals surface area contributed by atoms with Crippen molar-refractivity contribution in [1.29, 1.82) is 10.5 Å². The predicted molar refractivity (Wildman–Crippen MR) is 95.9 cm³/mol. The Labute approximate surface area is 148 Å². The lowest BCUT2D eigenvalue weighted by atomic mass is 9.72. The molecule has 2 fully saturated rings. The van der Waals surface area contributed by atoms with E-state index in [1.54, 1.807) is 0 Å². The van der Waals surface area contributed by atoms with Crippen LogP contribution in [0.3, 0.4) is 0 Å². The molecule has 3 nitrogen and oxygen atoms in total. The predicted octanol–water partition coefficient (Wildman–Crippen LogP) is 4.45. The van der Waals surface area contributed by atoms with E-state index in [1.165, 1.54) is 33.4 Å². The molecule has 25 heavy (non-hydrogen) atoms. The van der Waals surface area contributed by atoms with E-state index in [1.807, 2.05) is 0 Å². The second-order valence-corrected chi connectivity index (χ2v) is 7.32. The fourth-order valence-electron chi connectivity index (χ4n) is 4.72. The van der Waals surface area contributed by atoms with Crippen LogP contribution in [0.4, 0.5) is 0 Å². The summed E-state index contributed by atoms with van der Waals surface area (Å²) in [6.07, 6.45) is 8.02. The first-order valence-corrected chi connectivity index (χ1v) is 8.64. The van der Waals surface area contributed by atoms with Crippen LogP contribution in [0.15, 0.2) is 68.9 Å².